The van der Waals surface area contributed by atoms with Gasteiger partial charge in [0.1, 0.15) is 30.2 Å². The van der Waals surface area contributed by atoms with Crippen molar-refractivity contribution in [2.45, 2.75) is 127 Å². The van der Waals surface area contributed by atoms with Crippen LogP contribution in [0.15, 0.2) is 72.8 Å². The van der Waals surface area contributed by atoms with Crippen molar-refractivity contribution in [3.63, 3.8) is 0 Å². The Morgan fingerprint density at radius 2 is 1.63 bits per heavy atom. The summed E-state index contributed by atoms with van der Waals surface area (Å²) in [5.41, 5.74) is 6.46. The quantitative estimate of drug-likeness (QED) is 0.0372. The number of piperidine rings is 2. The average Bonchev–Trinajstić information content (AvgIpc) is 3.73. The number of nitrogens with two attached hydrogens (primary N) is 1. The predicted molar refractivity (Wildman–Crippen MR) is 296 cm³/mol. The third-order valence-corrected chi connectivity index (χ3v) is 18.2. The van der Waals surface area contributed by atoms with Gasteiger partial charge < -0.3 is 46.2 Å². The van der Waals surface area contributed by atoms with Crippen LogP contribution in [0.4, 0.5) is 0 Å². The van der Waals surface area contributed by atoms with Crippen molar-refractivity contribution < 1.29 is 62.3 Å². The van der Waals surface area contributed by atoms with Gasteiger partial charge in [-0.3, -0.25) is 57.8 Å². The Hall–Kier alpha value is -7.57. The summed E-state index contributed by atoms with van der Waals surface area (Å²) in [4.78, 5) is 158. The Morgan fingerprint density at radius 3 is 2.32 bits per heavy atom. The third-order valence-electron chi connectivity index (χ3n) is 16.3. The molecule has 9 rings (SSSR count). The number of rotatable bonds is 20. The lowest BCUT2D eigenvalue weighted by molar-refractivity contribution is -0.142. The maximum absolute atomic E-state index is 14.7. The van der Waals surface area contributed by atoms with E-state index in [-0.39, 0.29) is 91.1 Å². The van der Waals surface area contributed by atoms with Crippen LogP contribution in [0, 0.1) is 29.6 Å². The summed E-state index contributed by atoms with van der Waals surface area (Å²) in [5, 5.41) is 11.3. The second kappa shape index (κ2) is 25.1. The van der Waals surface area contributed by atoms with Crippen LogP contribution in [0.25, 0.3) is 10.1 Å². The fraction of sp³-hybridized carbons (Fsp3) is 0.448. The molecule has 1 aromatic heterocycles. The second-order valence-electron chi connectivity index (χ2n) is 21.6. The van der Waals surface area contributed by atoms with E-state index in [1.165, 1.54) is 34.1 Å². The highest BCUT2D eigenvalue weighted by molar-refractivity contribution is 7.70. The van der Waals surface area contributed by atoms with Crippen molar-refractivity contribution in [3.8, 4) is 11.8 Å². The SMILES string of the molecule is CCCC[C@H](NC(=O)c1cc2cc(C(=O)P(=O)(O)O)ccc2s1)C(=O)N1C[C@H]2CC[C@H]2[C@H]1C(=O)N[C@@H](CCC(N)=O)C(=O)N[C@H](C(=O)N1CCC(CCC#Cc2cccc3c2CN(C2CCC(=O)NC2=O)C3=O)CC1)c1ccccc1. The molecule has 5 aliphatic rings. The number of primary amides is 1. The lowest BCUT2D eigenvalue weighted by Gasteiger charge is -2.35. The largest absolute Gasteiger partial charge is 0.396 e. The summed E-state index contributed by atoms with van der Waals surface area (Å²) >= 11 is 1.07. The Bertz CT molecular complexity index is 3290. The van der Waals surface area contributed by atoms with Crippen molar-refractivity contribution in [1.82, 2.24) is 36.0 Å². The van der Waals surface area contributed by atoms with E-state index < -0.39 is 78.8 Å². The standard InChI is InChI=1S/C58H65N8O13PS/c1-2-3-16-43(61-53(71)46-30-38-29-36(18-22-45(38)81-46)58(76)80(77,78)79)56(74)66-31-37-17-19-39(37)50(66)54(72)60-42(20-23-47(59)67)51(69)63-49(35-12-5-4-6-13-35)57(75)64-27-25-33(26-28-64)10-7-8-11-34-14-9-15-40-41(34)32-65(55(40)73)44-21-24-48(68)62-52(44)70/h4-6,9,12-15,18,22,29-30,33,37,39,42-44,49-50H,2-3,7,10,16-17,19-21,23-28,31-32H2,1H3,(H2,59,67)(H,60,72)(H,61,71)(H,63,69)(H,62,68,70)(H2,77,78,79)/t37-,39-,42+,43+,44?,49+,50+/m1/s1. The average molecular weight is 1150 g/mol. The number of hydrogen-bond acceptors (Lipinski definition) is 12. The van der Waals surface area contributed by atoms with Crippen LogP contribution in [-0.4, -0.2) is 127 Å². The summed E-state index contributed by atoms with van der Waals surface area (Å²) in [7, 11) is -5.06. The molecule has 426 valence electrons. The van der Waals surface area contributed by atoms with Crippen molar-refractivity contribution in [1.29, 1.82) is 0 Å². The van der Waals surface area contributed by atoms with Crippen molar-refractivity contribution in [3.05, 3.63) is 105 Å². The van der Waals surface area contributed by atoms with Crippen molar-refractivity contribution in [2.24, 2.45) is 23.5 Å². The number of unbranched alkanes of at least 4 members (excludes halogenated alkanes) is 1. The summed E-state index contributed by atoms with van der Waals surface area (Å²) in [5.74, 6) is 1.88. The number of imide groups is 1. The summed E-state index contributed by atoms with van der Waals surface area (Å²) in [6, 6.07) is 14.3. The first-order valence-corrected chi connectivity index (χ1v) is 30.0. The zero-order chi connectivity index (χ0) is 57.7. The molecule has 8 N–H and O–H groups in total. The second-order valence-corrected chi connectivity index (χ2v) is 24.2. The molecule has 4 aliphatic heterocycles. The number of hydrogen-bond donors (Lipinski definition) is 7. The van der Waals surface area contributed by atoms with E-state index in [0.29, 0.717) is 78.4 Å². The maximum atomic E-state index is 14.7. The van der Waals surface area contributed by atoms with E-state index in [1.807, 2.05) is 13.0 Å². The molecule has 9 amide bonds. The van der Waals surface area contributed by atoms with Crippen LogP contribution in [0.1, 0.15) is 144 Å². The molecule has 0 radical (unpaired) electrons. The summed E-state index contributed by atoms with van der Waals surface area (Å²) in [6.07, 6.45) is 5.50. The predicted octanol–water partition coefficient (Wildman–Crippen LogP) is 4.18. The van der Waals surface area contributed by atoms with Crippen LogP contribution < -0.4 is 27.0 Å². The summed E-state index contributed by atoms with van der Waals surface area (Å²) in [6.45, 7) is 3.20. The van der Waals surface area contributed by atoms with Gasteiger partial charge in [0, 0.05) is 66.8 Å². The molecular formula is C58H65N8O13PS. The van der Waals surface area contributed by atoms with Gasteiger partial charge in [0.2, 0.25) is 41.4 Å². The fourth-order valence-corrected chi connectivity index (χ4v) is 13.1. The molecule has 3 saturated heterocycles. The Kier molecular flexibility index (Phi) is 18.0. The molecule has 5 heterocycles. The highest BCUT2D eigenvalue weighted by Gasteiger charge is 2.53. The van der Waals surface area contributed by atoms with E-state index >= 15 is 0 Å². The first-order chi connectivity index (χ1) is 38.8. The van der Waals surface area contributed by atoms with Gasteiger partial charge in [0.25, 0.3) is 17.3 Å². The molecule has 3 aromatic carbocycles. The zero-order valence-corrected chi connectivity index (χ0v) is 46.4. The van der Waals surface area contributed by atoms with Crippen LogP contribution in [-0.2, 0) is 44.7 Å². The number of likely N-dealkylation sites (tertiary alicyclic amines) is 2. The van der Waals surface area contributed by atoms with E-state index in [2.05, 4.69) is 33.1 Å². The summed E-state index contributed by atoms with van der Waals surface area (Å²) < 4.78 is 12.2. The van der Waals surface area contributed by atoms with Gasteiger partial charge in [-0.15, -0.1) is 11.3 Å². The zero-order valence-electron chi connectivity index (χ0n) is 44.7. The third kappa shape index (κ3) is 13.1. The van der Waals surface area contributed by atoms with E-state index in [9.17, 15) is 62.3 Å². The number of benzene rings is 3. The number of carbonyl (C=O) groups is 10. The lowest BCUT2D eigenvalue weighted by Crippen LogP contribution is -2.58. The Morgan fingerprint density at radius 1 is 0.864 bits per heavy atom. The van der Waals surface area contributed by atoms with E-state index in [4.69, 9.17) is 5.73 Å². The van der Waals surface area contributed by atoms with E-state index in [0.717, 1.165) is 29.7 Å². The molecule has 4 aromatic rings. The maximum Gasteiger partial charge on any atom is 0.396 e. The highest BCUT2D eigenvalue weighted by atomic mass is 32.1. The molecule has 23 heteroatoms. The lowest BCUT2D eigenvalue weighted by atomic mass is 9.73. The minimum Gasteiger partial charge on any atom is -0.370 e. The van der Waals surface area contributed by atoms with Gasteiger partial charge >= 0.3 is 7.60 Å². The number of carbonyl (C=O) groups excluding carboxylic acids is 10. The molecule has 4 fully saturated rings. The number of amides is 9. The highest BCUT2D eigenvalue weighted by Crippen LogP contribution is 2.46. The fourth-order valence-electron chi connectivity index (χ4n) is 11.7. The molecular weight excluding hydrogens is 1080 g/mol. The molecule has 1 aliphatic carbocycles. The van der Waals surface area contributed by atoms with Gasteiger partial charge in [0.05, 0.1) is 4.88 Å². The molecule has 7 atom stereocenters. The van der Waals surface area contributed by atoms with Crippen LogP contribution >= 0.6 is 18.9 Å². The van der Waals surface area contributed by atoms with Crippen molar-refractivity contribution in [2.75, 3.05) is 19.6 Å². The number of thiophene rings is 1. The number of nitrogens with zero attached hydrogens (tertiary/aromatic N) is 3. The van der Waals surface area contributed by atoms with Gasteiger partial charge in [-0.2, -0.15) is 0 Å². The van der Waals surface area contributed by atoms with Gasteiger partial charge in [0.15, 0.2) is 0 Å². The normalized spacial score (nSPS) is 20.9. The van der Waals surface area contributed by atoms with Crippen LogP contribution in [0.3, 0.4) is 0 Å². The smallest absolute Gasteiger partial charge is 0.370 e. The molecule has 1 unspecified atom stereocenters. The Balaban J connectivity index is 0.835. The Labute approximate surface area is 471 Å². The number of fused-ring (bicyclic) bond motifs is 3. The monoisotopic (exact) mass is 1140 g/mol. The first kappa shape index (κ1) is 58.1. The first-order valence-electron chi connectivity index (χ1n) is 27.5. The molecule has 1 saturated carbocycles. The molecule has 0 bridgehead atoms. The molecule has 21 nitrogen and oxygen atoms in total. The van der Waals surface area contributed by atoms with Gasteiger partial charge in [-0.1, -0.05) is 68.0 Å². The van der Waals surface area contributed by atoms with Crippen molar-refractivity contribution >= 4 is 87.7 Å². The van der Waals surface area contributed by atoms with Crippen LogP contribution in [0.5, 0.6) is 0 Å². The van der Waals surface area contributed by atoms with Gasteiger partial charge in [-0.25, -0.2) is 0 Å². The minimum atomic E-state index is -5.06. The number of nitrogens with one attached hydrogen (secondary N) is 4. The topological polar surface area (TPSA) is 312 Å². The molecule has 81 heavy (non-hydrogen) atoms. The van der Waals surface area contributed by atoms with Crippen LogP contribution in [0.2, 0.25) is 0 Å². The van der Waals surface area contributed by atoms with E-state index in [1.54, 1.807) is 47.4 Å². The molecule has 0 spiro atoms. The van der Waals surface area contributed by atoms with Gasteiger partial charge in [-0.05, 0) is 122 Å². The minimum absolute atomic E-state index is 0.0141.